The highest BCUT2D eigenvalue weighted by atomic mass is 19.4. The third kappa shape index (κ3) is 6.40. The van der Waals surface area contributed by atoms with Gasteiger partial charge >= 0.3 is 12.2 Å². The smallest absolute Gasteiger partial charge is 0.340 e. The van der Waals surface area contributed by atoms with Gasteiger partial charge in [0.2, 0.25) is 5.91 Å². The molecule has 0 saturated carbocycles. The molecule has 3 aromatic rings. The highest BCUT2D eigenvalue weighted by molar-refractivity contribution is 5.78. The lowest BCUT2D eigenvalue weighted by atomic mass is 10.0. The molecule has 1 atom stereocenters. The number of rotatable bonds is 8. The number of carbonyl (C=O) groups excluding carboxylic acids is 2. The van der Waals surface area contributed by atoms with E-state index in [1.165, 1.54) is 12.1 Å². The minimum absolute atomic E-state index is 0.0669. The fourth-order valence-electron chi connectivity index (χ4n) is 4.05. The number of urea groups is 1. The zero-order chi connectivity index (χ0) is 24.8. The standard InChI is InChI=1S/C25H26F3N5O2/c26-25(27,28)20-5-1-4-19(16-20)22(17-32-14-2-6-23(32)34)31-24(35)29-13-11-18-7-9-21(10-8-18)33-15-3-12-30-33/h1,3-5,7-10,12,15-16,22H,2,6,11,13-14,17H2,(H2,29,31,35). The summed E-state index contributed by atoms with van der Waals surface area (Å²) in [6.45, 7) is 0.972. The van der Waals surface area contributed by atoms with Gasteiger partial charge < -0.3 is 15.5 Å². The number of nitrogens with one attached hydrogen (secondary N) is 2. The van der Waals surface area contributed by atoms with Crippen molar-refractivity contribution in [3.8, 4) is 5.69 Å². The minimum Gasteiger partial charge on any atom is -0.340 e. The van der Waals surface area contributed by atoms with Crippen LogP contribution >= 0.6 is 0 Å². The van der Waals surface area contributed by atoms with Crippen molar-refractivity contribution in [2.24, 2.45) is 0 Å². The quantitative estimate of drug-likeness (QED) is 0.504. The topological polar surface area (TPSA) is 79.3 Å². The van der Waals surface area contributed by atoms with Gasteiger partial charge in [-0.2, -0.15) is 18.3 Å². The lowest BCUT2D eigenvalue weighted by Crippen LogP contribution is -2.43. The molecule has 1 fully saturated rings. The summed E-state index contributed by atoms with van der Waals surface area (Å²) in [7, 11) is 0. The van der Waals surface area contributed by atoms with E-state index < -0.39 is 23.8 Å². The van der Waals surface area contributed by atoms with E-state index in [0.29, 0.717) is 37.9 Å². The second-order valence-corrected chi connectivity index (χ2v) is 8.39. The molecule has 4 rings (SSSR count). The largest absolute Gasteiger partial charge is 0.416 e. The molecule has 2 heterocycles. The van der Waals surface area contributed by atoms with Gasteiger partial charge in [0.1, 0.15) is 0 Å². The first kappa shape index (κ1) is 24.3. The van der Waals surface area contributed by atoms with Crippen molar-refractivity contribution in [3.63, 3.8) is 0 Å². The van der Waals surface area contributed by atoms with Gasteiger partial charge in [-0.3, -0.25) is 4.79 Å². The highest BCUT2D eigenvalue weighted by Crippen LogP contribution is 2.31. The van der Waals surface area contributed by atoms with Gasteiger partial charge in [0.15, 0.2) is 0 Å². The average molecular weight is 486 g/mol. The van der Waals surface area contributed by atoms with E-state index in [4.69, 9.17) is 0 Å². The third-order valence-electron chi connectivity index (χ3n) is 5.90. The van der Waals surface area contributed by atoms with E-state index in [9.17, 15) is 22.8 Å². The maximum Gasteiger partial charge on any atom is 0.416 e. The van der Waals surface area contributed by atoms with Crippen LogP contribution in [0, 0.1) is 0 Å². The molecule has 35 heavy (non-hydrogen) atoms. The minimum atomic E-state index is -4.50. The van der Waals surface area contributed by atoms with E-state index in [-0.39, 0.29) is 12.5 Å². The number of amides is 3. The molecule has 1 aliphatic heterocycles. The number of likely N-dealkylation sites (tertiary alicyclic amines) is 1. The Bertz CT molecular complexity index is 1150. The van der Waals surface area contributed by atoms with Crippen LogP contribution in [-0.2, 0) is 17.4 Å². The predicted molar refractivity (Wildman–Crippen MR) is 124 cm³/mol. The van der Waals surface area contributed by atoms with E-state index in [1.807, 2.05) is 36.5 Å². The first-order valence-electron chi connectivity index (χ1n) is 11.4. The van der Waals surface area contributed by atoms with Crippen molar-refractivity contribution in [2.75, 3.05) is 19.6 Å². The second kappa shape index (κ2) is 10.6. The molecule has 0 aliphatic carbocycles. The Morgan fingerprint density at radius 1 is 1.11 bits per heavy atom. The number of hydrogen-bond donors (Lipinski definition) is 2. The van der Waals surface area contributed by atoms with Crippen LogP contribution in [0.25, 0.3) is 5.69 Å². The number of halogens is 3. The Kier molecular flexibility index (Phi) is 7.38. The zero-order valence-electron chi connectivity index (χ0n) is 19.0. The molecule has 10 heteroatoms. The first-order chi connectivity index (χ1) is 16.8. The van der Waals surface area contributed by atoms with Crippen LogP contribution in [0.1, 0.15) is 35.6 Å². The molecule has 0 bridgehead atoms. The fraction of sp³-hybridized carbons (Fsp3) is 0.320. The van der Waals surface area contributed by atoms with Crippen LogP contribution in [0.2, 0.25) is 0 Å². The maximum atomic E-state index is 13.2. The van der Waals surface area contributed by atoms with Crippen LogP contribution in [0.15, 0.2) is 67.0 Å². The molecule has 1 saturated heterocycles. The van der Waals surface area contributed by atoms with Gasteiger partial charge in [0.25, 0.3) is 0 Å². The van der Waals surface area contributed by atoms with E-state index in [2.05, 4.69) is 15.7 Å². The molecule has 1 aliphatic rings. The molecule has 184 valence electrons. The summed E-state index contributed by atoms with van der Waals surface area (Å²) in [6, 6.07) is 13.2. The van der Waals surface area contributed by atoms with Crippen LogP contribution < -0.4 is 10.6 Å². The molecule has 3 amide bonds. The van der Waals surface area contributed by atoms with Gasteiger partial charge in [-0.25, -0.2) is 9.48 Å². The summed E-state index contributed by atoms with van der Waals surface area (Å²) in [6.07, 6.45) is 0.714. The van der Waals surface area contributed by atoms with E-state index >= 15 is 0 Å². The summed E-state index contributed by atoms with van der Waals surface area (Å²) < 4.78 is 41.4. The summed E-state index contributed by atoms with van der Waals surface area (Å²) in [4.78, 5) is 26.3. The number of benzene rings is 2. The summed E-state index contributed by atoms with van der Waals surface area (Å²) in [5, 5.41) is 9.69. The predicted octanol–water partition coefficient (Wildman–Crippen LogP) is 4.10. The molecule has 0 spiro atoms. The summed E-state index contributed by atoms with van der Waals surface area (Å²) in [5.41, 5.74) is 1.43. The summed E-state index contributed by atoms with van der Waals surface area (Å²) in [5.74, 6) is -0.0669. The van der Waals surface area contributed by atoms with Crippen LogP contribution in [0.5, 0.6) is 0 Å². The molecule has 2 N–H and O–H groups in total. The number of aromatic nitrogens is 2. The number of nitrogens with zero attached hydrogens (tertiary/aromatic N) is 3. The molecular formula is C25H26F3N5O2. The lowest BCUT2D eigenvalue weighted by Gasteiger charge is -2.26. The van der Waals surface area contributed by atoms with Crippen LogP contribution in [-0.4, -0.2) is 46.3 Å². The molecule has 0 radical (unpaired) electrons. The SMILES string of the molecule is O=C(NCCc1ccc(-n2cccn2)cc1)NC(CN1CCCC1=O)c1cccc(C(F)(F)F)c1. The van der Waals surface area contributed by atoms with Gasteiger partial charge in [-0.1, -0.05) is 24.3 Å². The average Bonchev–Trinajstić information content (AvgIpc) is 3.51. The number of alkyl halides is 3. The Morgan fingerprint density at radius 3 is 2.57 bits per heavy atom. The first-order valence-corrected chi connectivity index (χ1v) is 11.4. The van der Waals surface area contributed by atoms with Crippen LogP contribution in [0.3, 0.4) is 0 Å². The molecular weight excluding hydrogens is 459 g/mol. The molecule has 7 nitrogen and oxygen atoms in total. The fourth-order valence-corrected chi connectivity index (χ4v) is 4.05. The summed E-state index contributed by atoms with van der Waals surface area (Å²) >= 11 is 0. The maximum absolute atomic E-state index is 13.2. The Morgan fingerprint density at radius 2 is 1.91 bits per heavy atom. The van der Waals surface area contributed by atoms with Gasteiger partial charge in [0, 0.05) is 38.4 Å². The monoisotopic (exact) mass is 485 g/mol. The molecule has 1 aromatic heterocycles. The highest BCUT2D eigenvalue weighted by Gasteiger charge is 2.32. The van der Waals surface area contributed by atoms with E-state index in [1.54, 1.807) is 15.8 Å². The zero-order valence-corrected chi connectivity index (χ0v) is 19.0. The Labute approximate surface area is 200 Å². The van der Waals surface area contributed by atoms with Crippen molar-refractivity contribution < 1.29 is 22.8 Å². The molecule has 1 unspecified atom stereocenters. The Hall–Kier alpha value is -3.82. The lowest BCUT2D eigenvalue weighted by molar-refractivity contribution is -0.137. The van der Waals surface area contributed by atoms with Gasteiger partial charge in [-0.15, -0.1) is 0 Å². The van der Waals surface area contributed by atoms with Crippen molar-refractivity contribution in [1.82, 2.24) is 25.3 Å². The van der Waals surface area contributed by atoms with Gasteiger partial charge in [0.05, 0.1) is 17.3 Å². The van der Waals surface area contributed by atoms with Crippen molar-refractivity contribution in [3.05, 3.63) is 83.7 Å². The number of carbonyl (C=O) groups is 2. The normalized spacial score (nSPS) is 14.7. The van der Waals surface area contributed by atoms with Crippen molar-refractivity contribution in [2.45, 2.75) is 31.5 Å². The van der Waals surface area contributed by atoms with Gasteiger partial charge in [-0.05, 0) is 54.3 Å². The molecule has 2 aromatic carbocycles. The second-order valence-electron chi connectivity index (χ2n) is 8.39. The number of hydrogen-bond acceptors (Lipinski definition) is 3. The van der Waals surface area contributed by atoms with Crippen LogP contribution in [0.4, 0.5) is 18.0 Å². The van der Waals surface area contributed by atoms with Crippen molar-refractivity contribution in [1.29, 1.82) is 0 Å². The third-order valence-corrected chi connectivity index (χ3v) is 5.90. The van der Waals surface area contributed by atoms with Crippen molar-refractivity contribution >= 4 is 11.9 Å². The van der Waals surface area contributed by atoms with E-state index in [0.717, 1.165) is 23.4 Å². The Balaban J connectivity index is 1.37.